The smallest absolute Gasteiger partial charge is 0.475 e. The summed E-state index contributed by atoms with van der Waals surface area (Å²) in [6.07, 6.45) is 1.66. The molecule has 1 aliphatic carbocycles. The quantitative estimate of drug-likeness (QED) is 0.338. The number of Topliss-reactive ketones (excluding diaryl/α,β-unsaturated/α-hetero) is 1. The van der Waals surface area contributed by atoms with Gasteiger partial charge in [-0.15, -0.1) is 0 Å². The second-order valence-corrected chi connectivity index (χ2v) is 10.1. The summed E-state index contributed by atoms with van der Waals surface area (Å²) in [7, 11) is 1.87. The third-order valence-electron chi connectivity index (χ3n) is 7.10. The summed E-state index contributed by atoms with van der Waals surface area (Å²) in [5.41, 5.74) is 0.552. The molecule has 12 heteroatoms. The summed E-state index contributed by atoms with van der Waals surface area (Å²) in [6, 6.07) is 5.75. The Kier molecular flexibility index (Phi) is 13.1. The van der Waals surface area contributed by atoms with Gasteiger partial charge >= 0.3 is 18.2 Å². The van der Waals surface area contributed by atoms with Crippen LogP contribution in [0.2, 0.25) is 0 Å². The summed E-state index contributed by atoms with van der Waals surface area (Å²) in [5, 5.41) is 10.2. The van der Waals surface area contributed by atoms with E-state index in [-0.39, 0.29) is 17.6 Å². The number of carbonyl (C=O) groups excluding carboxylic acids is 2. The number of halogens is 4. The lowest BCUT2D eigenvalue weighted by Crippen LogP contribution is -2.45. The number of hydrogen-bond donors (Lipinski definition) is 2. The zero-order chi connectivity index (χ0) is 29.0. The van der Waals surface area contributed by atoms with Crippen LogP contribution in [0.3, 0.4) is 0 Å². The lowest BCUT2D eigenvalue weighted by molar-refractivity contribution is -0.192. The molecule has 0 spiro atoms. The Balaban J connectivity index is 0.000000673. The highest BCUT2D eigenvalue weighted by molar-refractivity contribution is 5.97. The first-order valence-corrected chi connectivity index (χ1v) is 13.3. The minimum Gasteiger partial charge on any atom is -0.475 e. The molecule has 8 nitrogen and oxygen atoms in total. The Morgan fingerprint density at radius 1 is 1.03 bits per heavy atom. The number of likely N-dealkylation sites (tertiary alicyclic amines) is 1. The van der Waals surface area contributed by atoms with Crippen LogP contribution in [0.1, 0.15) is 55.8 Å². The number of nitrogens with zero attached hydrogens (tertiary/aromatic N) is 2. The highest BCUT2D eigenvalue weighted by atomic mass is 19.4. The van der Waals surface area contributed by atoms with Crippen molar-refractivity contribution in [2.24, 2.45) is 11.8 Å². The number of aliphatic carboxylic acids is 1. The second-order valence-electron chi connectivity index (χ2n) is 10.1. The number of ether oxygens (including phenoxy) is 1. The maximum Gasteiger partial charge on any atom is 0.490 e. The highest BCUT2D eigenvalue weighted by Crippen LogP contribution is 2.26. The zero-order valence-electron chi connectivity index (χ0n) is 22.5. The first kappa shape index (κ1) is 32.5. The Morgan fingerprint density at radius 2 is 1.59 bits per heavy atom. The predicted octanol–water partition coefficient (Wildman–Crippen LogP) is 4.59. The van der Waals surface area contributed by atoms with Crippen molar-refractivity contribution in [3.05, 3.63) is 35.6 Å². The standard InChI is InChI=1S/C25H38FN3O3.C2HF3O2/c1-3-32-23-10-4-19(5-11-23)16-27-25(31)28(2)17-20-12-14-29(15-13-20)18-24(30)21-6-8-22(26)9-7-21;3-2(4,5)1(6)7/h6-9,19-20,23H,3-5,10-18H2,1-2H3,(H,27,31);(H,6,7)/t19-,23+;. The van der Waals surface area contributed by atoms with Gasteiger partial charge in [0, 0.05) is 32.3 Å². The number of nitrogens with one attached hydrogen (secondary N) is 1. The molecule has 220 valence electrons. The van der Waals surface area contributed by atoms with E-state index in [1.165, 1.54) is 12.1 Å². The third kappa shape index (κ3) is 11.9. The molecule has 0 radical (unpaired) electrons. The van der Waals surface area contributed by atoms with Crippen molar-refractivity contribution < 1.29 is 41.8 Å². The van der Waals surface area contributed by atoms with Crippen LogP contribution in [-0.4, -0.2) is 91.3 Å². The van der Waals surface area contributed by atoms with Crippen molar-refractivity contribution in [2.45, 2.75) is 57.7 Å². The van der Waals surface area contributed by atoms with Crippen molar-refractivity contribution in [3.63, 3.8) is 0 Å². The molecule has 0 bridgehead atoms. The summed E-state index contributed by atoms with van der Waals surface area (Å²) >= 11 is 0. The topological polar surface area (TPSA) is 99.2 Å². The predicted molar refractivity (Wildman–Crippen MR) is 137 cm³/mol. The van der Waals surface area contributed by atoms with Crippen LogP contribution in [0.4, 0.5) is 22.4 Å². The first-order chi connectivity index (χ1) is 18.4. The number of carboxylic acids is 1. The van der Waals surface area contributed by atoms with Gasteiger partial charge in [-0.2, -0.15) is 13.2 Å². The number of benzene rings is 1. The Morgan fingerprint density at radius 3 is 2.10 bits per heavy atom. The summed E-state index contributed by atoms with van der Waals surface area (Å²) in [4.78, 5) is 37.8. The number of alkyl halides is 3. The lowest BCUT2D eigenvalue weighted by Gasteiger charge is -2.34. The van der Waals surface area contributed by atoms with E-state index in [9.17, 15) is 27.2 Å². The fraction of sp³-hybridized carbons (Fsp3) is 0.667. The maximum absolute atomic E-state index is 13.0. The van der Waals surface area contributed by atoms with Crippen molar-refractivity contribution in [3.8, 4) is 0 Å². The van der Waals surface area contributed by atoms with Gasteiger partial charge in [0.15, 0.2) is 5.78 Å². The number of hydrogen-bond acceptors (Lipinski definition) is 5. The molecule has 2 fully saturated rings. The van der Waals surface area contributed by atoms with E-state index in [1.54, 1.807) is 17.0 Å². The molecule has 2 N–H and O–H groups in total. The van der Waals surface area contributed by atoms with E-state index >= 15 is 0 Å². The van der Waals surface area contributed by atoms with Gasteiger partial charge in [0.05, 0.1) is 12.6 Å². The Labute approximate surface area is 226 Å². The minimum absolute atomic E-state index is 0.00542. The van der Waals surface area contributed by atoms with E-state index in [0.29, 0.717) is 30.0 Å². The van der Waals surface area contributed by atoms with Crippen LogP contribution >= 0.6 is 0 Å². The summed E-state index contributed by atoms with van der Waals surface area (Å²) in [6.45, 7) is 6.35. The van der Waals surface area contributed by atoms with Crippen LogP contribution < -0.4 is 5.32 Å². The van der Waals surface area contributed by atoms with Gasteiger partial charge in [-0.25, -0.2) is 14.0 Å². The highest BCUT2D eigenvalue weighted by Gasteiger charge is 2.38. The van der Waals surface area contributed by atoms with Crippen LogP contribution in [0, 0.1) is 17.7 Å². The Bertz CT molecular complexity index is 913. The van der Waals surface area contributed by atoms with E-state index in [0.717, 1.165) is 71.3 Å². The number of rotatable bonds is 9. The van der Waals surface area contributed by atoms with Gasteiger partial charge in [0.25, 0.3) is 0 Å². The van der Waals surface area contributed by atoms with Crippen molar-refractivity contribution in [1.82, 2.24) is 15.1 Å². The largest absolute Gasteiger partial charge is 0.490 e. The second kappa shape index (κ2) is 15.8. The van der Waals surface area contributed by atoms with E-state index in [2.05, 4.69) is 10.2 Å². The molecule has 1 saturated carbocycles. The average Bonchev–Trinajstić information content (AvgIpc) is 2.89. The minimum atomic E-state index is -5.08. The van der Waals surface area contributed by atoms with Gasteiger partial charge in [0.1, 0.15) is 5.82 Å². The van der Waals surface area contributed by atoms with Crippen molar-refractivity contribution in [1.29, 1.82) is 0 Å². The molecular formula is C27H39F4N3O5. The molecule has 2 aliphatic rings. The molecule has 1 heterocycles. The van der Waals surface area contributed by atoms with Crippen LogP contribution in [0.25, 0.3) is 0 Å². The van der Waals surface area contributed by atoms with Crippen LogP contribution in [0.15, 0.2) is 24.3 Å². The molecule has 0 atom stereocenters. The zero-order valence-corrected chi connectivity index (χ0v) is 22.5. The summed E-state index contributed by atoms with van der Waals surface area (Å²) in [5.74, 6) is -2.07. The number of carboxylic acid groups (broad SMARTS) is 1. The molecule has 3 rings (SSSR count). The Hall–Kier alpha value is -2.73. The normalized spacial score (nSPS) is 20.5. The fourth-order valence-corrected chi connectivity index (χ4v) is 4.83. The maximum atomic E-state index is 13.0. The van der Waals surface area contributed by atoms with E-state index in [4.69, 9.17) is 14.6 Å². The molecule has 0 aromatic heterocycles. The van der Waals surface area contributed by atoms with Crippen molar-refractivity contribution in [2.75, 3.05) is 46.4 Å². The molecule has 1 aromatic carbocycles. The molecular weight excluding hydrogens is 522 g/mol. The first-order valence-electron chi connectivity index (χ1n) is 13.3. The fourth-order valence-electron chi connectivity index (χ4n) is 4.83. The molecule has 1 aliphatic heterocycles. The lowest BCUT2D eigenvalue weighted by atomic mass is 9.87. The van der Waals surface area contributed by atoms with Gasteiger partial charge in [0.2, 0.25) is 0 Å². The van der Waals surface area contributed by atoms with Gasteiger partial charge in [-0.05, 0) is 94.6 Å². The number of urea groups is 1. The molecule has 0 unspecified atom stereocenters. The number of ketones is 1. The molecule has 1 saturated heterocycles. The third-order valence-corrected chi connectivity index (χ3v) is 7.10. The van der Waals surface area contributed by atoms with E-state index < -0.39 is 12.1 Å². The number of amides is 2. The summed E-state index contributed by atoms with van der Waals surface area (Å²) < 4.78 is 50.5. The van der Waals surface area contributed by atoms with Crippen LogP contribution in [0.5, 0.6) is 0 Å². The van der Waals surface area contributed by atoms with Gasteiger partial charge in [-0.1, -0.05) is 0 Å². The van der Waals surface area contributed by atoms with Crippen LogP contribution in [-0.2, 0) is 9.53 Å². The molecule has 2 amide bonds. The SMILES string of the molecule is CCO[C@H]1CC[C@@H](CNC(=O)N(C)CC2CCN(CC(=O)c3ccc(F)cc3)CC2)CC1.O=C(O)C(F)(F)F. The number of carbonyl (C=O) groups is 3. The van der Waals surface area contributed by atoms with E-state index in [1.807, 2.05) is 14.0 Å². The van der Waals surface area contributed by atoms with Gasteiger partial charge < -0.3 is 20.1 Å². The van der Waals surface area contributed by atoms with Gasteiger partial charge in [-0.3, -0.25) is 9.69 Å². The molecule has 1 aromatic rings. The average molecular weight is 562 g/mol. The van der Waals surface area contributed by atoms with Crippen molar-refractivity contribution >= 4 is 17.8 Å². The monoisotopic (exact) mass is 561 g/mol. The molecule has 39 heavy (non-hydrogen) atoms. The number of piperidine rings is 1.